The number of carbonyl (C=O) groups is 1. The van der Waals surface area contributed by atoms with Crippen LogP contribution in [0.3, 0.4) is 0 Å². The van der Waals surface area contributed by atoms with Gasteiger partial charge in [0.1, 0.15) is 6.54 Å². The highest BCUT2D eigenvalue weighted by Crippen LogP contribution is 2.41. The predicted molar refractivity (Wildman–Crippen MR) is 142 cm³/mol. The molecule has 0 saturated carbocycles. The molecule has 2 aromatic heterocycles. The molecule has 1 aliphatic rings. The Hall–Kier alpha value is -3.97. The summed E-state index contributed by atoms with van der Waals surface area (Å²) in [5.41, 5.74) is 6.09. The van der Waals surface area contributed by atoms with E-state index in [1.54, 1.807) is 6.20 Å². The van der Waals surface area contributed by atoms with Crippen molar-refractivity contribution in [1.82, 2.24) is 19.8 Å². The number of hydrogen-bond donors (Lipinski definition) is 2. The van der Waals surface area contributed by atoms with E-state index in [9.17, 15) is 4.79 Å². The first-order valence-corrected chi connectivity index (χ1v) is 12.0. The van der Waals surface area contributed by atoms with Crippen LogP contribution in [0.1, 0.15) is 34.7 Å². The largest absolute Gasteiger partial charge is 0.352 e. The number of pyridine rings is 1. The summed E-state index contributed by atoms with van der Waals surface area (Å²) in [6.07, 6.45) is 1.79. The topological polar surface area (TPSA) is 62.2 Å². The maximum atomic E-state index is 13.1. The summed E-state index contributed by atoms with van der Waals surface area (Å²) in [5.74, 6) is -0.121. The Balaban J connectivity index is 1.53. The van der Waals surface area contributed by atoms with E-state index in [4.69, 9.17) is 12.2 Å². The Kier molecular flexibility index (Phi) is 6.33. The molecule has 1 saturated heterocycles. The molecule has 0 spiro atoms. The van der Waals surface area contributed by atoms with Gasteiger partial charge in [0.2, 0.25) is 5.91 Å². The fourth-order valence-electron chi connectivity index (χ4n) is 4.85. The molecule has 1 fully saturated rings. The summed E-state index contributed by atoms with van der Waals surface area (Å²) in [5, 5.41) is 6.96. The minimum Gasteiger partial charge on any atom is -0.352 e. The molecule has 35 heavy (non-hydrogen) atoms. The number of aryl methyl sites for hydroxylation is 1. The van der Waals surface area contributed by atoms with Crippen LogP contribution < -0.4 is 10.6 Å². The van der Waals surface area contributed by atoms with Crippen molar-refractivity contribution in [3.63, 3.8) is 0 Å². The first kappa shape index (κ1) is 22.8. The number of aromatic nitrogens is 2. The maximum Gasteiger partial charge on any atom is 0.244 e. The van der Waals surface area contributed by atoms with Crippen molar-refractivity contribution in [2.75, 3.05) is 11.9 Å². The second kappa shape index (κ2) is 9.72. The van der Waals surface area contributed by atoms with E-state index >= 15 is 0 Å². The smallest absolute Gasteiger partial charge is 0.244 e. The number of carbonyl (C=O) groups excluding carboxylic acids is 1. The van der Waals surface area contributed by atoms with Gasteiger partial charge in [-0.1, -0.05) is 42.5 Å². The first-order chi connectivity index (χ1) is 17.0. The van der Waals surface area contributed by atoms with Gasteiger partial charge in [0, 0.05) is 29.0 Å². The molecule has 0 bridgehead atoms. The summed E-state index contributed by atoms with van der Waals surface area (Å²) >= 11 is 5.75. The lowest BCUT2D eigenvalue weighted by molar-refractivity contribution is -0.116. The fourth-order valence-corrected chi connectivity index (χ4v) is 5.16. The number of anilines is 1. The molecule has 5 rings (SSSR count). The molecule has 0 aliphatic carbocycles. The number of nitrogens with one attached hydrogen (secondary N) is 2. The van der Waals surface area contributed by atoms with E-state index in [2.05, 4.69) is 52.2 Å². The lowest BCUT2D eigenvalue weighted by Gasteiger charge is -2.27. The van der Waals surface area contributed by atoms with Crippen molar-refractivity contribution < 1.29 is 4.79 Å². The molecule has 176 valence electrons. The second-order valence-electron chi connectivity index (χ2n) is 8.67. The average Bonchev–Trinajstić information content (AvgIpc) is 3.35. The Morgan fingerprint density at radius 2 is 1.69 bits per heavy atom. The van der Waals surface area contributed by atoms with Gasteiger partial charge in [0.15, 0.2) is 5.11 Å². The zero-order valence-corrected chi connectivity index (χ0v) is 20.5. The summed E-state index contributed by atoms with van der Waals surface area (Å²) in [7, 11) is 0. The van der Waals surface area contributed by atoms with E-state index in [0.29, 0.717) is 5.11 Å². The molecule has 6 nitrogen and oxygen atoms in total. The number of thiocarbonyl (C=S) groups is 1. The molecule has 0 radical (unpaired) electrons. The average molecular weight is 482 g/mol. The molecule has 2 aromatic carbocycles. The summed E-state index contributed by atoms with van der Waals surface area (Å²) < 4.78 is 2.24. The number of para-hydroxylation sites is 2. The zero-order chi connectivity index (χ0) is 24.4. The number of amides is 1. The Bertz CT molecular complexity index is 1340. The fraction of sp³-hybridized carbons (Fsp3) is 0.179. The van der Waals surface area contributed by atoms with E-state index in [0.717, 1.165) is 34.0 Å². The Morgan fingerprint density at radius 1 is 1.00 bits per heavy atom. The van der Waals surface area contributed by atoms with Crippen molar-refractivity contribution in [2.45, 2.75) is 25.9 Å². The number of rotatable bonds is 6. The van der Waals surface area contributed by atoms with Crippen molar-refractivity contribution >= 4 is 28.9 Å². The van der Waals surface area contributed by atoms with Crippen LogP contribution in [0.15, 0.2) is 91.1 Å². The summed E-state index contributed by atoms with van der Waals surface area (Å²) in [6.45, 7) is 4.35. The Morgan fingerprint density at radius 3 is 2.37 bits per heavy atom. The van der Waals surface area contributed by atoms with Crippen molar-refractivity contribution in [1.29, 1.82) is 0 Å². The molecule has 4 aromatic rings. The molecule has 1 amide bonds. The van der Waals surface area contributed by atoms with Gasteiger partial charge in [-0.2, -0.15) is 0 Å². The lowest BCUT2D eigenvalue weighted by Crippen LogP contribution is -2.37. The van der Waals surface area contributed by atoms with E-state index in [1.165, 1.54) is 0 Å². The predicted octanol–water partition coefficient (Wildman–Crippen LogP) is 5.10. The zero-order valence-electron chi connectivity index (χ0n) is 19.7. The highest BCUT2D eigenvalue weighted by atomic mass is 32.1. The maximum absolute atomic E-state index is 13.1. The van der Waals surface area contributed by atoms with Gasteiger partial charge < -0.3 is 20.1 Å². The van der Waals surface area contributed by atoms with Gasteiger partial charge in [-0.05, 0) is 74.1 Å². The van der Waals surface area contributed by atoms with E-state index in [1.807, 2.05) is 71.6 Å². The van der Waals surface area contributed by atoms with Gasteiger partial charge in [-0.3, -0.25) is 9.78 Å². The van der Waals surface area contributed by atoms with Gasteiger partial charge in [0.05, 0.1) is 17.8 Å². The van der Waals surface area contributed by atoms with Crippen LogP contribution in [0.4, 0.5) is 5.69 Å². The highest BCUT2D eigenvalue weighted by molar-refractivity contribution is 7.80. The van der Waals surface area contributed by atoms with E-state index < -0.39 is 0 Å². The van der Waals surface area contributed by atoms with Crippen LogP contribution in [-0.2, 0) is 4.79 Å². The first-order valence-electron chi connectivity index (χ1n) is 11.6. The van der Waals surface area contributed by atoms with Gasteiger partial charge in [-0.15, -0.1) is 0 Å². The second-order valence-corrected chi connectivity index (χ2v) is 9.05. The molecule has 3 heterocycles. The van der Waals surface area contributed by atoms with Gasteiger partial charge in [-0.25, -0.2) is 0 Å². The molecule has 2 N–H and O–H groups in total. The molecular formula is C28H27N5OS. The highest BCUT2D eigenvalue weighted by Gasteiger charge is 2.42. The standard InChI is InChI=1S/C28H27N5OS/c1-19-17-23(20(2)33(19)22-13-7-4-8-14-22)27-26(24-15-9-10-16-29-24)31-28(35)32(27)18-25(34)30-21-11-5-3-6-12-21/h3-17,26-27H,18H2,1-2H3,(H,30,34)(H,31,35). The third kappa shape index (κ3) is 4.55. The van der Waals surface area contributed by atoms with Crippen LogP contribution in [-0.4, -0.2) is 32.0 Å². The van der Waals surface area contributed by atoms with Crippen LogP contribution in [0.25, 0.3) is 5.69 Å². The van der Waals surface area contributed by atoms with Gasteiger partial charge >= 0.3 is 0 Å². The third-order valence-electron chi connectivity index (χ3n) is 6.37. The Labute approximate surface area is 210 Å². The summed E-state index contributed by atoms with van der Waals surface area (Å²) in [6, 6.07) is 27.5. The van der Waals surface area contributed by atoms with Crippen LogP contribution in [0, 0.1) is 13.8 Å². The quantitative estimate of drug-likeness (QED) is 0.375. The van der Waals surface area contributed by atoms with Crippen molar-refractivity contribution in [3.8, 4) is 5.69 Å². The van der Waals surface area contributed by atoms with Crippen LogP contribution in [0.2, 0.25) is 0 Å². The lowest BCUT2D eigenvalue weighted by atomic mass is 9.96. The molecule has 2 unspecified atom stereocenters. The monoisotopic (exact) mass is 481 g/mol. The molecule has 1 aliphatic heterocycles. The third-order valence-corrected chi connectivity index (χ3v) is 6.72. The summed E-state index contributed by atoms with van der Waals surface area (Å²) in [4.78, 5) is 19.6. The van der Waals surface area contributed by atoms with Crippen LogP contribution in [0.5, 0.6) is 0 Å². The number of hydrogen-bond acceptors (Lipinski definition) is 3. The van der Waals surface area contributed by atoms with Crippen molar-refractivity contribution in [3.05, 3.63) is 114 Å². The molecule has 2 atom stereocenters. The number of benzene rings is 2. The van der Waals surface area contributed by atoms with Crippen LogP contribution >= 0.6 is 12.2 Å². The normalized spacial score (nSPS) is 17.3. The van der Waals surface area contributed by atoms with Gasteiger partial charge in [0.25, 0.3) is 0 Å². The number of nitrogens with zero attached hydrogens (tertiary/aromatic N) is 3. The SMILES string of the molecule is Cc1cc(C2C(c3ccccn3)NC(=S)N2CC(=O)Nc2ccccc2)c(C)n1-c1ccccc1. The minimum atomic E-state index is -0.192. The molecule has 7 heteroatoms. The van der Waals surface area contributed by atoms with E-state index in [-0.39, 0.29) is 24.5 Å². The van der Waals surface area contributed by atoms with Crippen molar-refractivity contribution in [2.24, 2.45) is 0 Å². The molecular weight excluding hydrogens is 454 g/mol. The minimum absolute atomic E-state index is 0.121.